The van der Waals surface area contributed by atoms with Gasteiger partial charge in [0.1, 0.15) is 0 Å². The van der Waals surface area contributed by atoms with Gasteiger partial charge >= 0.3 is 0 Å². The minimum absolute atomic E-state index is 1.06. The molecular formula is C26H20N2. The van der Waals surface area contributed by atoms with Gasteiger partial charge in [-0.15, -0.1) is 0 Å². The molecule has 0 aliphatic heterocycles. The highest BCUT2D eigenvalue weighted by molar-refractivity contribution is 6.05. The average molecular weight is 360 g/mol. The van der Waals surface area contributed by atoms with E-state index >= 15 is 0 Å². The molecule has 0 amide bonds. The second-order valence-electron chi connectivity index (χ2n) is 6.79. The zero-order valence-corrected chi connectivity index (χ0v) is 15.4. The molecule has 134 valence electrons. The number of hydrogen-bond acceptors (Lipinski definition) is 1. The van der Waals surface area contributed by atoms with E-state index < -0.39 is 0 Å². The smallest absolute Gasteiger partial charge is 0.0788 e. The van der Waals surface area contributed by atoms with E-state index in [0.717, 1.165) is 16.9 Å². The van der Waals surface area contributed by atoms with Crippen LogP contribution in [0.15, 0.2) is 115 Å². The van der Waals surface area contributed by atoms with Crippen LogP contribution in [0.25, 0.3) is 33.3 Å². The standard InChI is InChI=1S/C26H20N2/c1-4-12-20(13-5-1)25-23-18-10-11-19-24(23)28(27-22-16-8-3-9-17-22)26(25)21-14-6-2-7-15-21/h1-19,27H. The molecular weight excluding hydrogens is 340 g/mol. The SMILES string of the molecule is c1ccc(Nn2c(-c3ccccc3)c(-c3ccccc3)c3ccccc32)cc1. The highest BCUT2D eigenvalue weighted by Crippen LogP contribution is 2.40. The summed E-state index contributed by atoms with van der Waals surface area (Å²) >= 11 is 0. The molecule has 0 saturated heterocycles. The van der Waals surface area contributed by atoms with Gasteiger partial charge in [-0.25, -0.2) is 0 Å². The van der Waals surface area contributed by atoms with Crippen molar-refractivity contribution in [2.24, 2.45) is 0 Å². The van der Waals surface area contributed by atoms with E-state index in [9.17, 15) is 0 Å². The van der Waals surface area contributed by atoms with Crippen LogP contribution in [0.2, 0.25) is 0 Å². The van der Waals surface area contributed by atoms with Gasteiger partial charge in [0.25, 0.3) is 0 Å². The minimum Gasteiger partial charge on any atom is -0.294 e. The van der Waals surface area contributed by atoms with Crippen LogP contribution in [-0.4, -0.2) is 4.68 Å². The molecule has 5 rings (SSSR count). The molecule has 1 heterocycles. The fourth-order valence-corrected chi connectivity index (χ4v) is 3.76. The van der Waals surface area contributed by atoms with Crippen molar-refractivity contribution >= 4 is 16.6 Å². The van der Waals surface area contributed by atoms with Gasteiger partial charge in [0.15, 0.2) is 0 Å². The summed E-state index contributed by atoms with van der Waals surface area (Å²) in [5, 5.41) is 1.23. The zero-order chi connectivity index (χ0) is 18.8. The molecule has 0 aliphatic rings. The lowest BCUT2D eigenvalue weighted by atomic mass is 9.98. The molecule has 0 atom stereocenters. The van der Waals surface area contributed by atoms with Crippen LogP contribution in [0.5, 0.6) is 0 Å². The van der Waals surface area contributed by atoms with Crippen LogP contribution < -0.4 is 5.43 Å². The molecule has 5 aromatic rings. The van der Waals surface area contributed by atoms with Crippen molar-refractivity contribution in [3.63, 3.8) is 0 Å². The number of para-hydroxylation sites is 2. The Morgan fingerprint density at radius 3 is 1.71 bits per heavy atom. The molecule has 28 heavy (non-hydrogen) atoms. The summed E-state index contributed by atoms with van der Waals surface area (Å²) in [5.41, 5.74) is 10.6. The Hall–Kier alpha value is -3.78. The Morgan fingerprint density at radius 1 is 0.500 bits per heavy atom. The van der Waals surface area contributed by atoms with E-state index in [4.69, 9.17) is 0 Å². The van der Waals surface area contributed by atoms with Crippen molar-refractivity contribution in [3.8, 4) is 22.4 Å². The van der Waals surface area contributed by atoms with Crippen LogP contribution in [0, 0.1) is 0 Å². The Bertz CT molecular complexity index is 1210. The molecule has 0 bridgehead atoms. The number of rotatable bonds is 4. The van der Waals surface area contributed by atoms with E-state index in [1.54, 1.807) is 0 Å². The van der Waals surface area contributed by atoms with E-state index in [2.05, 4.69) is 107 Å². The molecule has 0 saturated carbocycles. The van der Waals surface area contributed by atoms with E-state index in [1.165, 1.54) is 22.1 Å². The van der Waals surface area contributed by atoms with E-state index in [-0.39, 0.29) is 0 Å². The predicted octanol–water partition coefficient (Wildman–Crippen LogP) is 6.85. The maximum Gasteiger partial charge on any atom is 0.0788 e. The summed E-state index contributed by atoms with van der Waals surface area (Å²) < 4.78 is 2.21. The first-order chi connectivity index (χ1) is 13.9. The highest BCUT2D eigenvalue weighted by Gasteiger charge is 2.19. The van der Waals surface area contributed by atoms with Crippen LogP contribution in [-0.2, 0) is 0 Å². The summed E-state index contributed by atoms with van der Waals surface area (Å²) in [6, 6.07) is 40.1. The Balaban J connectivity index is 1.85. The highest BCUT2D eigenvalue weighted by atomic mass is 15.4. The first kappa shape index (κ1) is 16.4. The maximum absolute atomic E-state index is 3.62. The summed E-state index contributed by atoms with van der Waals surface area (Å²) in [4.78, 5) is 0. The quantitative estimate of drug-likeness (QED) is 0.371. The molecule has 1 N–H and O–H groups in total. The topological polar surface area (TPSA) is 17.0 Å². The molecule has 0 unspecified atom stereocenters. The first-order valence-electron chi connectivity index (χ1n) is 9.48. The number of benzene rings is 4. The predicted molar refractivity (Wildman–Crippen MR) is 118 cm³/mol. The summed E-state index contributed by atoms with van der Waals surface area (Å²) in [7, 11) is 0. The van der Waals surface area contributed by atoms with Crippen molar-refractivity contribution < 1.29 is 0 Å². The largest absolute Gasteiger partial charge is 0.294 e. The third kappa shape index (κ3) is 2.85. The lowest BCUT2D eigenvalue weighted by Crippen LogP contribution is -2.10. The fraction of sp³-hybridized carbons (Fsp3) is 0. The molecule has 0 spiro atoms. The maximum atomic E-state index is 3.62. The Kier molecular flexibility index (Phi) is 4.15. The molecule has 4 aromatic carbocycles. The van der Waals surface area contributed by atoms with Crippen LogP contribution >= 0.6 is 0 Å². The van der Waals surface area contributed by atoms with Gasteiger partial charge in [0.2, 0.25) is 0 Å². The van der Waals surface area contributed by atoms with Crippen LogP contribution in [0.3, 0.4) is 0 Å². The molecule has 0 radical (unpaired) electrons. The monoisotopic (exact) mass is 360 g/mol. The molecule has 0 fully saturated rings. The lowest BCUT2D eigenvalue weighted by molar-refractivity contribution is 1.02. The van der Waals surface area contributed by atoms with Crippen LogP contribution in [0.4, 0.5) is 5.69 Å². The number of anilines is 1. The summed E-state index contributed by atoms with van der Waals surface area (Å²) in [6.45, 7) is 0. The van der Waals surface area contributed by atoms with Crippen molar-refractivity contribution in [3.05, 3.63) is 115 Å². The van der Waals surface area contributed by atoms with Gasteiger partial charge in [-0.2, -0.15) is 0 Å². The van der Waals surface area contributed by atoms with E-state index in [0.29, 0.717) is 0 Å². The zero-order valence-electron chi connectivity index (χ0n) is 15.4. The number of aromatic nitrogens is 1. The Labute approximate surface area is 164 Å². The van der Waals surface area contributed by atoms with Crippen LogP contribution in [0.1, 0.15) is 0 Å². The van der Waals surface area contributed by atoms with Gasteiger partial charge in [0.05, 0.1) is 16.9 Å². The second kappa shape index (κ2) is 7.09. The third-order valence-corrected chi connectivity index (χ3v) is 5.00. The summed E-state index contributed by atoms with van der Waals surface area (Å²) in [5.74, 6) is 0. The van der Waals surface area contributed by atoms with Gasteiger partial charge < -0.3 is 0 Å². The number of hydrogen-bond donors (Lipinski definition) is 1. The number of nitrogens with zero attached hydrogens (tertiary/aromatic N) is 1. The molecule has 2 heteroatoms. The van der Waals surface area contributed by atoms with Crippen molar-refractivity contribution in [1.82, 2.24) is 4.68 Å². The third-order valence-electron chi connectivity index (χ3n) is 5.00. The summed E-state index contributed by atoms with van der Waals surface area (Å²) in [6.07, 6.45) is 0. The molecule has 1 aromatic heterocycles. The van der Waals surface area contributed by atoms with Crippen molar-refractivity contribution in [2.75, 3.05) is 5.43 Å². The normalized spacial score (nSPS) is 10.9. The van der Waals surface area contributed by atoms with Gasteiger partial charge in [0, 0.05) is 16.5 Å². The Morgan fingerprint density at radius 2 is 1.04 bits per heavy atom. The van der Waals surface area contributed by atoms with Crippen molar-refractivity contribution in [2.45, 2.75) is 0 Å². The lowest BCUT2D eigenvalue weighted by Gasteiger charge is -2.15. The van der Waals surface area contributed by atoms with Gasteiger partial charge in [-0.3, -0.25) is 10.1 Å². The van der Waals surface area contributed by atoms with Gasteiger partial charge in [-0.1, -0.05) is 97.1 Å². The van der Waals surface area contributed by atoms with Gasteiger partial charge in [-0.05, 0) is 23.8 Å². The number of nitrogens with one attached hydrogen (secondary N) is 1. The molecule has 0 aliphatic carbocycles. The fourth-order valence-electron chi connectivity index (χ4n) is 3.76. The number of fused-ring (bicyclic) bond motifs is 1. The molecule has 2 nitrogen and oxygen atoms in total. The van der Waals surface area contributed by atoms with Crippen molar-refractivity contribution in [1.29, 1.82) is 0 Å². The average Bonchev–Trinajstić information content (AvgIpc) is 3.10. The minimum atomic E-state index is 1.06. The second-order valence-corrected chi connectivity index (χ2v) is 6.79. The first-order valence-corrected chi connectivity index (χ1v) is 9.48. The van der Waals surface area contributed by atoms with E-state index in [1.807, 2.05) is 18.2 Å².